The monoisotopic (exact) mass is 576 g/mol. The summed E-state index contributed by atoms with van der Waals surface area (Å²) in [6.07, 6.45) is 3.01. The first kappa shape index (κ1) is 27.2. The van der Waals surface area contributed by atoms with E-state index in [-0.39, 0.29) is 5.91 Å². The predicted octanol–water partition coefficient (Wildman–Crippen LogP) is 6.24. The van der Waals surface area contributed by atoms with Crippen LogP contribution in [0.15, 0.2) is 60.9 Å². The Labute approximate surface area is 239 Å². The Hall–Kier alpha value is -4.35. The molecule has 0 spiro atoms. The number of carbonyl (C=O) groups excluding carboxylic acids is 2. The maximum Gasteiger partial charge on any atom is 0.435 e. The van der Waals surface area contributed by atoms with Gasteiger partial charge >= 0.3 is 6.09 Å². The van der Waals surface area contributed by atoms with E-state index in [0.717, 1.165) is 10.6 Å². The zero-order valence-corrected chi connectivity index (χ0v) is 23.7. The average molecular weight is 577 g/mol. The fourth-order valence-corrected chi connectivity index (χ4v) is 4.84. The van der Waals surface area contributed by atoms with Crippen LogP contribution >= 0.6 is 23.1 Å². The normalized spacial score (nSPS) is 11.4. The summed E-state index contributed by atoms with van der Waals surface area (Å²) in [7, 11) is 1.57. The minimum absolute atomic E-state index is 0.292. The van der Waals surface area contributed by atoms with E-state index in [1.54, 1.807) is 82.7 Å². The van der Waals surface area contributed by atoms with Crippen molar-refractivity contribution >= 4 is 51.9 Å². The Morgan fingerprint density at radius 3 is 2.60 bits per heavy atom. The van der Waals surface area contributed by atoms with E-state index in [1.165, 1.54) is 16.2 Å². The Morgan fingerprint density at radius 2 is 1.88 bits per heavy atom. The lowest BCUT2D eigenvalue weighted by Gasteiger charge is -2.19. The molecule has 0 atom stereocenters. The predicted molar refractivity (Wildman–Crippen MR) is 153 cm³/mol. The van der Waals surface area contributed by atoms with Gasteiger partial charge in [-0.2, -0.15) is 14.2 Å². The number of aromatic nitrogens is 5. The second-order valence-corrected chi connectivity index (χ2v) is 11.0. The zero-order valence-electron chi connectivity index (χ0n) is 22.1. The molecular formula is C28H25ClN6O4S. The molecule has 0 radical (unpaired) electrons. The summed E-state index contributed by atoms with van der Waals surface area (Å²) in [5, 5.41) is 8.85. The van der Waals surface area contributed by atoms with E-state index >= 15 is 0 Å². The van der Waals surface area contributed by atoms with E-state index in [9.17, 15) is 9.59 Å². The van der Waals surface area contributed by atoms with Gasteiger partial charge in [-0.1, -0.05) is 17.7 Å². The maximum absolute atomic E-state index is 12.6. The highest BCUT2D eigenvalue weighted by molar-refractivity contribution is 7.05. The summed E-state index contributed by atoms with van der Waals surface area (Å²) in [6, 6.07) is 13.9. The number of rotatable bonds is 6. The third kappa shape index (κ3) is 5.95. The van der Waals surface area contributed by atoms with Crippen LogP contribution in [0.1, 0.15) is 41.7 Å². The van der Waals surface area contributed by atoms with Crippen LogP contribution in [0.4, 0.5) is 10.6 Å². The van der Waals surface area contributed by atoms with E-state index in [0.29, 0.717) is 50.9 Å². The molecule has 204 valence electrons. The number of halogens is 1. The fourth-order valence-electron chi connectivity index (χ4n) is 3.88. The van der Waals surface area contributed by atoms with Crippen molar-refractivity contribution in [2.75, 3.05) is 12.4 Å². The quantitative estimate of drug-likeness (QED) is 0.252. The number of methoxy groups -OCH3 is 1. The van der Waals surface area contributed by atoms with Crippen LogP contribution in [0, 0.1) is 0 Å². The van der Waals surface area contributed by atoms with E-state index in [4.69, 9.17) is 21.1 Å². The van der Waals surface area contributed by atoms with Gasteiger partial charge in [-0.25, -0.2) is 14.8 Å². The molecule has 40 heavy (non-hydrogen) atoms. The Morgan fingerprint density at radius 1 is 1.10 bits per heavy atom. The van der Waals surface area contributed by atoms with Gasteiger partial charge in [0.2, 0.25) is 0 Å². The maximum atomic E-state index is 12.6. The number of carbonyl (C=O) groups is 2. The number of pyridine rings is 1. The molecule has 1 N–H and O–H groups in total. The van der Waals surface area contributed by atoms with Crippen LogP contribution in [0.5, 0.6) is 5.75 Å². The molecule has 12 heteroatoms. The van der Waals surface area contributed by atoms with Gasteiger partial charge in [0.25, 0.3) is 5.91 Å². The number of amides is 1. The standard InChI is InChI=1S/C28H25ClN6O4S/c1-28(2,3)39-27(37)35-21-10-7-17(24(29)20(21)15-31-35)14-23-33-25(34-40-23)18-11-12-30-22(13-18)32-26(36)16-5-8-19(38-4)9-6-16/h5-13,15H,14H2,1-4H3,(H,30,32,36). The molecule has 0 bridgehead atoms. The summed E-state index contributed by atoms with van der Waals surface area (Å²) >= 11 is 7.95. The van der Waals surface area contributed by atoms with Gasteiger partial charge < -0.3 is 14.8 Å². The number of ether oxygens (including phenoxy) is 2. The van der Waals surface area contributed by atoms with E-state index in [2.05, 4.69) is 24.8 Å². The SMILES string of the molecule is COc1ccc(C(=O)Nc2cc(-c3nsc(Cc4ccc5c(cnn5C(=O)OC(C)(C)C)c4Cl)n3)ccn2)cc1. The molecular weight excluding hydrogens is 552 g/mol. The van der Waals surface area contributed by atoms with E-state index < -0.39 is 11.7 Å². The zero-order chi connectivity index (χ0) is 28.4. The first-order chi connectivity index (χ1) is 19.1. The van der Waals surface area contributed by atoms with Crippen molar-refractivity contribution in [3.63, 3.8) is 0 Å². The van der Waals surface area contributed by atoms with Crippen LogP contribution in [0.2, 0.25) is 5.02 Å². The molecule has 0 aliphatic rings. The highest BCUT2D eigenvalue weighted by Gasteiger charge is 2.22. The van der Waals surface area contributed by atoms with Gasteiger partial charge in [-0.15, -0.1) is 0 Å². The second kappa shape index (κ2) is 11.0. The highest BCUT2D eigenvalue weighted by Crippen LogP contribution is 2.30. The Bertz CT molecular complexity index is 1710. The third-order valence-corrected chi connectivity index (χ3v) is 6.91. The number of hydrogen-bond donors (Lipinski definition) is 1. The minimum atomic E-state index is -0.646. The molecule has 0 unspecified atom stereocenters. The van der Waals surface area contributed by atoms with Gasteiger partial charge in [0.15, 0.2) is 5.82 Å². The van der Waals surface area contributed by atoms with Crippen LogP contribution < -0.4 is 10.1 Å². The summed E-state index contributed by atoms with van der Waals surface area (Å²) in [4.78, 5) is 34.1. The summed E-state index contributed by atoms with van der Waals surface area (Å²) < 4.78 is 16.3. The van der Waals surface area contributed by atoms with Crippen molar-refractivity contribution in [3.05, 3.63) is 82.1 Å². The Balaban J connectivity index is 1.31. The summed E-state index contributed by atoms with van der Waals surface area (Å²) in [5.74, 6) is 1.26. The lowest BCUT2D eigenvalue weighted by atomic mass is 10.1. The number of nitrogens with one attached hydrogen (secondary N) is 1. The van der Waals surface area contributed by atoms with Crippen LogP contribution in [0.25, 0.3) is 22.3 Å². The van der Waals surface area contributed by atoms with Crippen LogP contribution in [-0.2, 0) is 11.2 Å². The molecule has 3 heterocycles. The van der Waals surface area contributed by atoms with Crippen LogP contribution in [0.3, 0.4) is 0 Å². The third-order valence-electron chi connectivity index (χ3n) is 5.76. The van der Waals surface area contributed by atoms with Crippen molar-refractivity contribution < 1.29 is 19.1 Å². The molecule has 10 nitrogen and oxygen atoms in total. The van der Waals surface area contributed by atoms with Gasteiger partial charge in [-0.05, 0) is 80.3 Å². The second-order valence-electron chi connectivity index (χ2n) is 9.81. The Kier molecular flexibility index (Phi) is 7.51. The molecule has 5 rings (SSSR count). The van der Waals surface area contributed by atoms with Gasteiger partial charge in [0.1, 0.15) is 22.2 Å². The molecule has 1 amide bonds. The molecule has 0 saturated carbocycles. The highest BCUT2D eigenvalue weighted by atomic mass is 35.5. The smallest absolute Gasteiger partial charge is 0.435 e. The van der Waals surface area contributed by atoms with Crippen molar-refractivity contribution in [3.8, 4) is 17.1 Å². The first-order valence-electron chi connectivity index (χ1n) is 12.2. The van der Waals surface area contributed by atoms with Crippen molar-refractivity contribution in [1.82, 2.24) is 24.1 Å². The molecule has 3 aromatic heterocycles. The molecule has 0 aliphatic heterocycles. The minimum Gasteiger partial charge on any atom is -0.497 e. The molecule has 2 aromatic carbocycles. The van der Waals surface area contributed by atoms with Gasteiger partial charge in [0.05, 0.1) is 23.8 Å². The summed E-state index contributed by atoms with van der Waals surface area (Å²) in [5.41, 5.74) is 1.92. The average Bonchev–Trinajstić information content (AvgIpc) is 3.57. The van der Waals surface area contributed by atoms with Gasteiger partial charge in [0, 0.05) is 29.1 Å². The first-order valence-corrected chi connectivity index (χ1v) is 13.4. The largest absolute Gasteiger partial charge is 0.497 e. The number of nitrogens with zero attached hydrogens (tertiary/aromatic N) is 5. The van der Waals surface area contributed by atoms with Gasteiger partial charge in [-0.3, -0.25) is 4.79 Å². The molecule has 0 aliphatic carbocycles. The van der Waals surface area contributed by atoms with Crippen molar-refractivity contribution in [1.29, 1.82) is 0 Å². The molecule has 0 fully saturated rings. The topological polar surface area (TPSA) is 121 Å². The fraction of sp³-hybridized carbons (Fsp3) is 0.214. The number of hydrogen-bond acceptors (Lipinski definition) is 9. The van der Waals surface area contributed by atoms with Crippen LogP contribution in [-0.4, -0.2) is 48.8 Å². The van der Waals surface area contributed by atoms with E-state index in [1.807, 2.05) is 6.07 Å². The molecule has 5 aromatic rings. The number of anilines is 1. The van der Waals surface area contributed by atoms with Crippen molar-refractivity contribution in [2.24, 2.45) is 0 Å². The number of benzene rings is 2. The lowest BCUT2D eigenvalue weighted by Crippen LogP contribution is -2.27. The number of fused-ring (bicyclic) bond motifs is 1. The molecule has 0 saturated heterocycles. The lowest BCUT2D eigenvalue weighted by molar-refractivity contribution is 0.0522. The summed E-state index contributed by atoms with van der Waals surface area (Å²) in [6.45, 7) is 5.39. The van der Waals surface area contributed by atoms with Crippen molar-refractivity contribution in [2.45, 2.75) is 32.8 Å².